The number of hydrogen-bond acceptors (Lipinski definition) is 6. The first-order chi connectivity index (χ1) is 12.7. The van der Waals surface area contributed by atoms with E-state index in [9.17, 15) is 13.2 Å². The Kier molecular flexibility index (Phi) is 5.25. The van der Waals surface area contributed by atoms with Crippen molar-refractivity contribution < 1.29 is 22.5 Å². The molecular formula is C18H23N3O5S. The summed E-state index contributed by atoms with van der Waals surface area (Å²) in [4.78, 5) is 12.7. The molecule has 1 aromatic heterocycles. The van der Waals surface area contributed by atoms with Crippen molar-refractivity contribution in [2.75, 3.05) is 19.0 Å². The van der Waals surface area contributed by atoms with E-state index < -0.39 is 22.0 Å². The first-order valence-corrected chi connectivity index (χ1v) is 10.1. The van der Waals surface area contributed by atoms with Crippen molar-refractivity contribution in [3.05, 3.63) is 35.1 Å². The zero-order chi connectivity index (χ0) is 19.8. The van der Waals surface area contributed by atoms with Crippen LogP contribution in [0.25, 0.3) is 0 Å². The predicted octanol–water partition coefficient (Wildman–Crippen LogP) is 2.40. The number of methoxy groups -OCH3 is 1. The van der Waals surface area contributed by atoms with E-state index in [0.717, 1.165) is 11.1 Å². The average molecular weight is 393 g/mol. The number of anilines is 1. The quantitative estimate of drug-likeness (QED) is 0.837. The van der Waals surface area contributed by atoms with Gasteiger partial charge < -0.3 is 14.6 Å². The third kappa shape index (κ3) is 3.70. The molecule has 1 aromatic carbocycles. The van der Waals surface area contributed by atoms with Crippen molar-refractivity contribution in [1.82, 2.24) is 9.46 Å². The van der Waals surface area contributed by atoms with Crippen molar-refractivity contribution in [3.8, 4) is 5.75 Å². The van der Waals surface area contributed by atoms with Gasteiger partial charge in [0.05, 0.1) is 7.11 Å². The van der Waals surface area contributed by atoms with Crippen LogP contribution in [0.3, 0.4) is 0 Å². The van der Waals surface area contributed by atoms with E-state index in [1.165, 1.54) is 11.4 Å². The Labute approximate surface area is 158 Å². The van der Waals surface area contributed by atoms with Crippen molar-refractivity contribution in [2.24, 2.45) is 0 Å². The van der Waals surface area contributed by atoms with E-state index in [1.807, 2.05) is 13.8 Å². The van der Waals surface area contributed by atoms with Crippen LogP contribution in [-0.4, -0.2) is 43.5 Å². The smallest absolute Gasteiger partial charge is 0.247 e. The van der Waals surface area contributed by atoms with E-state index in [2.05, 4.69) is 10.5 Å². The molecule has 1 saturated heterocycles. The molecule has 1 N–H and O–H groups in total. The second-order valence-corrected chi connectivity index (χ2v) is 8.53. The monoisotopic (exact) mass is 393 g/mol. The number of nitrogens with one attached hydrogen (secondary N) is 1. The fourth-order valence-corrected chi connectivity index (χ4v) is 5.06. The van der Waals surface area contributed by atoms with E-state index in [0.29, 0.717) is 18.6 Å². The van der Waals surface area contributed by atoms with Crippen LogP contribution in [0.2, 0.25) is 0 Å². The lowest BCUT2D eigenvalue weighted by molar-refractivity contribution is -0.119. The fourth-order valence-electron chi connectivity index (χ4n) is 3.18. The maximum absolute atomic E-state index is 13.3. The number of amides is 1. The van der Waals surface area contributed by atoms with Crippen LogP contribution in [0.4, 0.5) is 5.82 Å². The molecule has 3 rings (SSSR count). The van der Waals surface area contributed by atoms with Crippen LogP contribution in [0.15, 0.2) is 27.6 Å². The molecule has 0 spiro atoms. The number of rotatable bonds is 5. The first kappa shape index (κ1) is 19.4. The van der Waals surface area contributed by atoms with Gasteiger partial charge in [0.25, 0.3) is 0 Å². The Balaban J connectivity index is 1.91. The van der Waals surface area contributed by atoms with Crippen LogP contribution in [-0.2, 0) is 14.8 Å². The van der Waals surface area contributed by atoms with Gasteiger partial charge >= 0.3 is 0 Å². The number of aromatic nitrogens is 1. The van der Waals surface area contributed by atoms with Gasteiger partial charge in [-0.2, -0.15) is 4.31 Å². The Morgan fingerprint density at radius 3 is 2.59 bits per heavy atom. The molecule has 27 heavy (non-hydrogen) atoms. The molecule has 8 nitrogen and oxygen atoms in total. The molecule has 1 amide bonds. The molecule has 0 radical (unpaired) electrons. The molecule has 0 unspecified atom stereocenters. The van der Waals surface area contributed by atoms with Crippen LogP contribution in [0.1, 0.15) is 29.7 Å². The highest BCUT2D eigenvalue weighted by Gasteiger charge is 2.41. The number of hydrogen-bond donors (Lipinski definition) is 1. The Morgan fingerprint density at radius 1 is 1.26 bits per heavy atom. The molecular weight excluding hydrogens is 370 g/mol. The molecule has 1 aliphatic heterocycles. The number of sulfonamides is 1. The summed E-state index contributed by atoms with van der Waals surface area (Å²) < 4.78 is 38.0. The molecule has 0 saturated carbocycles. The lowest BCUT2D eigenvalue weighted by Crippen LogP contribution is -2.43. The molecule has 1 atom stereocenters. The van der Waals surface area contributed by atoms with Crippen molar-refractivity contribution in [1.29, 1.82) is 0 Å². The largest absolute Gasteiger partial charge is 0.495 e. The molecule has 1 fully saturated rings. The normalized spacial score (nSPS) is 17.9. The molecule has 146 valence electrons. The average Bonchev–Trinajstić information content (AvgIpc) is 3.26. The molecule has 0 bridgehead atoms. The fraction of sp³-hybridized carbons (Fsp3) is 0.444. The van der Waals surface area contributed by atoms with Gasteiger partial charge in [-0.15, -0.1) is 0 Å². The second-order valence-electron chi connectivity index (χ2n) is 6.67. The molecule has 2 heterocycles. The summed E-state index contributed by atoms with van der Waals surface area (Å²) in [5.41, 5.74) is 1.77. The standard InChI is InChI=1S/C18H23N3O5S/c1-11-8-15(25-4)16(9-12(11)2)27(23,24)21-7-5-6-14(21)18(22)19-17-10-13(3)26-20-17/h8-10,14H,5-7H2,1-4H3,(H,19,20,22)/t14-/m1/s1. The SMILES string of the molecule is COc1cc(C)c(C)cc1S(=O)(=O)N1CCC[C@@H]1C(=O)Nc1cc(C)on1. The number of ether oxygens (including phenoxy) is 1. The first-order valence-electron chi connectivity index (χ1n) is 8.65. The Hall–Kier alpha value is -2.39. The minimum Gasteiger partial charge on any atom is -0.495 e. The summed E-state index contributed by atoms with van der Waals surface area (Å²) in [5, 5.41) is 6.35. The van der Waals surface area contributed by atoms with Crippen LogP contribution in [0, 0.1) is 20.8 Å². The summed E-state index contributed by atoms with van der Waals surface area (Å²) in [7, 11) is -2.46. The third-order valence-corrected chi connectivity index (χ3v) is 6.68. The van der Waals surface area contributed by atoms with Gasteiger partial charge in [0.15, 0.2) is 5.82 Å². The van der Waals surface area contributed by atoms with Gasteiger partial charge in [0.1, 0.15) is 22.4 Å². The minimum absolute atomic E-state index is 0.0741. The van der Waals surface area contributed by atoms with Crippen LogP contribution >= 0.6 is 0 Å². The molecule has 0 aliphatic carbocycles. The molecule has 2 aromatic rings. The maximum Gasteiger partial charge on any atom is 0.247 e. The summed E-state index contributed by atoms with van der Waals surface area (Å²) in [6.07, 6.45) is 1.04. The van der Waals surface area contributed by atoms with Gasteiger partial charge in [0, 0.05) is 12.6 Å². The van der Waals surface area contributed by atoms with Crippen molar-refractivity contribution in [3.63, 3.8) is 0 Å². The second kappa shape index (κ2) is 7.32. The van der Waals surface area contributed by atoms with E-state index in [4.69, 9.17) is 9.26 Å². The Bertz CT molecular complexity index is 967. The van der Waals surface area contributed by atoms with Gasteiger partial charge in [-0.05, 0) is 56.9 Å². The van der Waals surface area contributed by atoms with Crippen molar-refractivity contribution >= 4 is 21.7 Å². The number of benzene rings is 1. The lowest BCUT2D eigenvalue weighted by atomic mass is 10.1. The van der Waals surface area contributed by atoms with Gasteiger partial charge in [-0.25, -0.2) is 8.42 Å². The summed E-state index contributed by atoms with van der Waals surface area (Å²) >= 11 is 0. The van der Waals surface area contributed by atoms with Gasteiger partial charge in [0.2, 0.25) is 15.9 Å². The van der Waals surface area contributed by atoms with E-state index in [-0.39, 0.29) is 23.0 Å². The third-order valence-electron chi connectivity index (χ3n) is 4.75. The maximum atomic E-state index is 13.3. The van der Waals surface area contributed by atoms with Crippen LogP contribution < -0.4 is 10.1 Å². The molecule has 9 heteroatoms. The van der Waals surface area contributed by atoms with Crippen molar-refractivity contribution in [2.45, 2.75) is 44.6 Å². The Morgan fingerprint density at radius 2 is 1.96 bits per heavy atom. The number of nitrogens with zero attached hydrogens (tertiary/aromatic N) is 2. The zero-order valence-electron chi connectivity index (χ0n) is 15.8. The van der Waals surface area contributed by atoms with E-state index >= 15 is 0 Å². The van der Waals surface area contributed by atoms with E-state index in [1.54, 1.807) is 25.1 Å². The zero-order valence-corrected chi connectivity index (χ0v) is 16.6. The number of carbonyl (C=O) groups excluding carboxylic acids is 1. The van der Waals surface area contributed by atoms with Gasteiger partial charge in [-0.3, -0.25) is 4.79 Å². The van der Waals surface area contributed by atoms with Gasteiger partial charge in [-0.1, -0.05) is 5.16 Å². The predicted molar refractivity (Wildman–Crippen MR) is 99.3 cm³/mol. The number of aryl methyl sites for hydroxylation is 3. The highest BCUT2D eigenvalue weighted by molar-refractivity contribution is 7.89. The summed E-state index contributed by atoms with van der Waals surface area (Å²) in [6, 6.07) is 4.07. The highest BCUT2D eigenvalue weighted by atomic mass is 32.2. The molecule has 1 aliphatic rings. The summed E-state index contributed by atoms with van der Waals surface area (Å²) in [5.74, 6) is 0.676. The van der Waals surface area contributed by atoms with Crippen LogP contribution in [0.5, 0.6) is 5.75 Å². The number of carbonyl (C=O) groups is 1. The lowest BCUT2D eigenvalue weighted by Gasteiger charge is -2.24. The topological polar surface area (TPSA) is 102 Å². The summed E-state index contributed by atoms with van der Waals surface area (Å²) in [6.45, 7) is 5.71. The minimum atomic E-state index is -3.90. The highest BCUT2D eigenvalue weighted by Crippen LogP contribution is 2.33.